The average Bonchev–Trinajstić information content (AvgIpc) is 2.74. The van der Waals surface area contributed by atoms with Crippen molar-refractivity contribution in [1.29, 1.82) is 0 Å². The monoisotopic (exact) mass is 331 g/mol. The van der Waals surface area contributed by atoms with Crippen LogP contribution in [0.2, 0.25) is 0 Å². The van der Waals surface area contributed by atoms with Crippen LogP contribution in [0.1, 0.15) is 11.3 Å². The Hall–Kier alpha value is 0.0600. The number of piperazine rings is 1. The highest BCUT2D eigenvalue weighted by molar-refractivity contribution is 9.11. The Labute approximate surface area is 122 Å². The molecule has 1 aromatic heterocycles. The number of thiophene rings is 1. The minimum Gasteiger partial charge on any atom is -0.314 e. The first kappa shape index (κ1) is 14.5. The van der Waals surface area contributed by atoms with Crippen molar-refractivity contribution in [3.8, 4) is 0 Å². The molecule has 5 heteroatoms. The van der Waals surface area contributed by atoms with Gasteiger partial charge in [-0.05, 0) is 55.1 Å². The number of nitrogens with one attached hydrogen (secondary N) is 1. The van der Waals surface area contributed by atoms with E-state index < -0.39 is 0 Å². The molecule has 0 radical (unpaired) electrons. The lowest BCUT2D eigenvalue weighted by atomic mass is 10.1. The topological polar surface area (TPSA) is 18.5 Å². The van der Waals surface area contributed by atoms with Gasteiger partial charge in [0, 0.05) is 37.1 Å². The van der Waals surface area contributed by atoms with Crippen molar-refractivity contribution < 1.29 is 0 Å². The molecule has 3 nitrogen and oxygen atoms in total. The zero-order valence-electron chi connectivity index (χ0n) is 11.2. The molecular weight excluding hydrogens is 310 g/mol. The number of hydrogen-bond acceptors (Lipinski definition) is 4. The second-order valence-electron chi connectivity index (χ2n) is 5.07. The van der Waals surface area contributed by atoms with Gasteiger partial charge in [0.15, 0.2) is 0 Å². The molecule has 0 aromatic carbocycles. The smallest absolute Gasteiger partial charge is 0.0701 e. The summed E-state index contributed by atoms with van der Waals surface area (Å²) in [4.78, 5) is 6.33. The maximum absolute atomic E-state index is 3.52. The van der Waals surface area contributed by atoms with Gasteiger partial charge in [-0.15, -0.1) is 11.3 Å². The molecule has 1 unspecified atom stereocenters. The summed E-state index contributed by atoms with van der Waals surface area (Å²) in [6, 6.07) is 5.03. The molecule has 1 saturated heterocycles. The molecule has 0 amide bonds. The molecule has 1 atom stereocenters. The first-order chi connectivity index (χ1) is 8.65. The van der Waals surface area contributed by atoms with Gasteiger partial charge in [0.1, 0.15) is 0 Å². The third kappa shape index (κ3) is 4.31. The van der Waals surface area contributed by atoms with Crippen molar-refractivity contribution in [1.82, 2.24) is 15.1 Å². The van der Waals surface area contributed by atoms with Crippen LogP contribution in [-0.4, -0.2) is 56.1 Å². The van der Waals surface area contributed by atoms with Gasteiger partial charge in [-0.1, -0.05) is 0 Å². The van der Waals surface area contributed by atoms with Gasteiger partial charge in [-0.2, -0.15) is 0 Å². The van der Waals surface area contributed by atoms with Crippen molar-refractivity contribution in [3.63, 3.8) is 0 Å². The van der Waals surface area contributed by atoms with Crippen LogP contribution in [-0.2, 0) is 6.54 Å². The van der Waals surface area contributed by atoms with Crippen LogP contribution in [0.3, 0.4) is 0 Å². The molecule has 2 heterocycles. The van der Waals surface area contributed by atoms with E-state index in [9.17, 15) is 0 Å². The lowest BCUT2D eigenvalue weighted by molar-refractivity contribution is 0.172. The van der Waals surface area contributed by atoms with Crippen LogP contribution in [0.25, 0.3) is 0 Å². The van der Waals surface area contributed by atoms with E-state index in [-0.39, 0.29) is 0 Å². The van der Waals surface area contributed by atoms with E-state index in [2.05, 4.69) is 57.3 Å². The van der Waals surface area contributed by atoms with Crippen LogP contribution in [0, 0.1) is 0 Å². The zero-order valence-corrected chi connectivity index (χ0v) is 13.6. The maximum atomic E-state index is 3.52. The summed E-state index contributed by atoms with van der Waals surface area (Å²) in [6.45, 7) is 5.65. The Bertz CT molecular complexity index is 369. The minimum absolute atomic E-state index is 0.691. The van der Waals surface area contributed by atoms with Crippen molar-refractivity contribution in [2.75, 3.05) is 40.3 Å². The summed E-state index contributed by atoms with van der Waals surface area (Å²) < 4.78 is 1.22. The molecule has 2 rings (SSSR count). The van der Waals surface area contributed by atoms with Gasteiger partial charge in [-0.3, -0.25) is 0 Å². The number of nitrogens with zero attached hydrogens (tertiary/aromatic N) is 2. The van der Waals surface area contributed by atoms with Crippen molar-refractivity contribution in [2.45, 2.75) is 19.0 Å². The summed E-state index contributed by atoms with van der Waals surface area (Å²) in [5, 5.41) is 3.48. The van der Waals surface area contributed by atoms with Gasteiger partial charge in [0.05, 0.1) is 3.79 Å². The van der Waals surface area contributed by atoms with Crippen LogP contribution in [0.4, 0.5) is 0 Å². The maximum Gasteiger partial charge on any atom is 0.0701 e. The molecule has 102 valence electrons. The van der Waals surface area contributed by atoms with Crippen LogP contribution in [0.15, 0.2) is 15.9 Å². The molecule has 1 aliphatic heterocycles. The summed E-state index contributed by atoms with van der Waals surface area (Å²) in [6.07, 6.45) is 1.24. The van der Waals surface area contributed by atoms with E-state index in [1.165, 1.54) is 21.6 Å². The standard InChI is InChI=1S/C13H22BrN3S/c1-16(10-12-3-4-13(14)18-12)7-5-11-9-15-6-8-17(11)2/h3-4,11,15H,5-10H2,1-2H3. The Morgan fingerprint density at radius 3 is 3.06 bits per heavy atom. The van der Waals surface area contributed by atoms with Crippen molar-refractivity contribution in [2.24, 2.45) is 0 Å². The second kappa shape index (κ2) is 7.01. The molecule has 1 aromatic rings. The Morgan fingerprint density at radius 2 is 2.39 bits per heavy atom. The SMILES string of the molecule is CN(CCC1CNCCN1C)Cc1ccc(Br)s1. The molecule has 0 saturated carbocycles. The third-order valence-electron chi connectivity index (χ3n) is 3.54. The van der Waals surface area contributed by atoms with Gasteiger partial charge in [0.2, 0.25) is 0 Å². The van der Waals surface area contributed by atoms with Crippen molar-refractivity contribution in [3.05, 3.63) is 20.8 Å². The van der Waals surface area contributed by atoms with Gasteiger partial charge < -0.3 is 15.1 Å². The van der Waals surface area contributed by atoms with E-state index in [1.54, 1.807) is 0 Å². The number of hydrogen-bond donors (Lipinski definition) is 1. The summed E-state index contributed by atoms with van der Waals surface area (Å²) in [7, 11) is 4.45. The predicted molar refractivity (Wildman–Crippen MR) is 82.3 cm³/mol. The molecule has 18 heavy (non-hydrogen) atoms. The third-order valence-corrected chi connectivity index (χ3v) is 5.15. The highest BCUT2D eigenvalue weighted by Gasteiger charge is 2.18. The Kier molecular flexibility index (Phi) is 5.63. The zero-order chi connectivity index (χ0) is 13.0. The molecule has 1 aliphatic rings. The van der Waals surface area contributed by atoms with Crippen molar-refractivity contribution >= 4 is 27.3 Å². The van der Waals surface area contributed by atoms with Crippen LogP contribution in [0.5, 0.6) is 0 Å². The molecule has 0 spiro atoms. The molecule has 0 aliphatic carbocycles. The highest BCUT2D eigenvalue weighted by Crippen LogP contribution is 2.23. The molecular formula is C13H22BrN3S. The van der Waals surface area contributed by atoms with E-state index in [1.807, 2.05) is 11.3 Å². The summed E-state index contributed by atoms with van der Waals surface area (Å²) in [5.74, 6) is 0. The van der Waals surface area contributed by atoms with Crippen LogP contribution >= 0.6 is 27.3 Å². The lowest BCUT2D eigenvalue weighted by Gasteiger charge is -2.34. The molecule has 1 fully saturated rings. The molecule has 1 N–H and O–H groups in total. The fraction of sp³-hybridized carbons (Fsp3) is 0.692. The first-order valence-electron chi connectivity index (χ1n) is 6.49. The fourth-order valence-corrected chi connectivity index (χ4v) is 3.90. The number of likely N-dealkylation sites (N-methyl/N-ethyl adjacent to an activating group) is 1. The largest absolute Gasteiger partial charge is 0.314 e. The van der Waals surface area contributed by atoms with E-state index >= 15 is 0 Å². The highest BCUT2D eigenvalue weighted by atomic mass is 79.9. The number of halogens is 1. The molecule has 0 bridgehead atoms. The fourth-order valence-electron chi connectivity index (χ4n) is 2.34. The normalized spacial score (nSPS) is 21.7. The number of rotatable bonds is 5. The van der Waals surface area contributed by atoms with Crippen LogP contribution < -0.4 is 5.32 Å². The predicted octanol–water partition coefficient (Wildman–Crippen LogP) is 2.24. The van der Waals surface area contributed by atoms with E-state index in [0.29, 0.717) is 6.04 Å². The van der Waals surface area contributed by atoms with Gasteiger partial charge in [0.25, 0.3) is 0 Å². The Morgan fingerprint density at radius 1 is 1.56 bits per heavy atom. The lowest BCUT2D eigenvalue weighted by Crippen LogP contribution is -2.50. The summed E-state index contributed by atoms with van der Waals surface area (Å²) in [5.41, 5.74) is 0. The minimum atomic E-state index is 0.691. The van der Waals surface area contributed by atoms with Gasteiger partial charge >= 0.3 is 0 Å². The van der Waals surface area contributed by atoms with Gasteiger partial charge in [-0.25, -0.2) is 0 Å². The Balaban J connectivity index is 1.72. The second-order valence-corrected chi connectivity index (χ2v) is 7.62. The van der Waals surface area contributed by atoms with E-state index in [4.69, 9.17) is 0 Å². The quantitative estimate of drug-likeness (QED) is 0.892. The van der Waals surface area contributed by atoms with E-state index in [0.717, 1.165) is 26.2 Å². The average molecular weight is 332 g/mol. The first-order valence-corrected chi connectivity index (χ1v) is 8.10. The summed E-state index contributed by atoms with van der Waals surface area (Å²) >= 11 is 5.35.